The molecule has 0 saturated carbocycles. The number of aliphatic hydroxyl groups excluding tert-OH is 3. The first-order chi connectivity index (χ1) is 13.4. The van der Waals surface area contributed by atoms with E-state index in [0.717, 1.165) is 0 Å². The van der Waals surface area contributed by atoms with E-state index in [2.05, 4.69) is 24.9 Å². The van der Waals surface area contributed by atoms with Gasteiger partial charge in [-0.2, -0.15) is 0 Å². The molecule has 1 amide bonds. The number of ether oxygens (including phenoxy) is 1. The van der Waals surface area contributed by atoms with E-state index in [9.17, 15) is 15.0 Å². The lowest BCUT2D eigenvalue weighted by Crippen LogP contribution is -2.32. The molecule has 12 nitrogen and oxygen atoms in total. The van der Waals surface area contributed by atoms with Crippen LogP contribution in [0.3, 0.4) is 0 Å². The molecule has 3 aromatic heterocycles. The van der Waals surface area contributed by atoms with Crippen LogP contribution >= 0.6 is 0 Å². The van der Waals surface area contributed by atoms with Gasteiger partial charge in [-0.3, -0.25) is 9.78 Å². The molecule has 1 unspecified atom stereocenters. The van der Waals surface area contributed by atoms with Gasteiger partial charge in [0.15, 0.2) is 11.5 Å². The summed E-state index contributed by atoms with van der Waals surface area (Å²) in [6.45, 7) is -0.437. The lowest BCUT2D eigenvalue weighted by Gasteiger charge is -2.16. The van der Waals surface area contributed by atoms with Crippen LogP contribution in [0.15, 0.2) is 31.0 Å². The first kappa shape index (κ1) is 19.6. The maximum atomic E-state index is 11.3. The number of primary amides is 1. The Kier molecular flexibility index (Phi) is 5.75. The minimum atomic E-state index is -1.27. The van der Waals surface area contributed by atoms with Crippen molar-refractivity contribution < 1.29 is 24.9 Å². The van der Waals surface area contributed by atoms with Gasteiger partial charge in [-0.15, -0.1) is 0 Å². The Hall–Kier alpha value is -3.19. The number of aromatic amines is 1. The summed E-state index contributed by atoms with van der Waals surface area (Å²) in [5.41, 5.74) is 12.3. The van der Waals surface area contributed by atoms with Crippen molar-refractivity contribution in [3.05, 3.63) is 42.2 Å². The maximum absolute atomic E-state index is 11.3. The van der Waals surface area contributed by atoms with Crippen LogP contribution in [0.5, 0.6) is 0 Å². The van der Waals surface area contributed by atoms with E-state index in [1.807, 2.05) is 0 Å². The predicted molar refractivity (Wildman–Crippen MR) is 95.6 cm³/mol. The molecule has 0 radical (unpaired) electrons. The zero-order valence-electron chi connectivity index (χ0n) is 14.5. The third-order valence-electron chi connectivity index (χ3n) is 4.17. The number of nitrogen functional groups attached to an aromatic ring is 1. The summed E-state index contributed by atoms with van der Waals surface area (Å²) < 4.78 is 5.29. The number of carbonyl (C=O) groups is 1. The van der Waals surface area contributed by atoms with E-state index in [-0.39, 0.29) is 11.3 Å². The number of amides is 1. The molecular weight excluding hydrogens is 370 g/mol. The molecule has 0 bridgehead atoms. The van der Waals surface area contributed by atoms with Gasteiger partial charge in [0.25, 0.3) is 5.91 Å². The number of imidazole rings is 1. The number of nitrogens with zero attached hydrogens (tertiary/aromatic N) is 4. The summed E-state index contributed by atoms with van der Waals surface area (Å²) in [5.74, 6) is -0.265. The van der Waals surface area contributed by atoms with Crippen molar-refractivity contribution in [2.75, 3.05) is 12.3 Å². The Balaban J connectivity index is 0.000000188. The monoisotopic (exact) mass is 389 g/mol. The summed E-state index contributed by atoms with van der Waals surface area (Å²) in [4.78, 5) is 29.6. The highest BCUT2D eigenvalue weighted by Crippen LogP contribution is 2.33. The van der Waals surface area contributed by atoms with Crippen LogP contribution < -0.4 is 11.5 Å². The first-order valence-corrected chi connectivity index (χ1v) is 8.20. The number of nitrogens with two attached hydrogens (primary N) is 2. The van der Waals surface area contributed by atoms with Crippen molar-refractivity contribution in [1.29, 1.82) is 0 Å². The number of anilines is 1. The minimum Gasteiger partial charge on any atom is -0.394 e. The molecule has 8 N–H and O–H groups in total. The second-order valence-corrected chi connectivity index (χ2v) is 5.92. The van der Waals surface area contributed by atoms with Crippen molar-refractivity contribution in [1.82, 2.24) is 24.9 Å². The summed E-state index contributed by atoms with van der Waals surface area (Å²) in [6.07, 6.45) is -0.0449. The molecule has 12 heteroatoms. The second-order valence-electron chi connectivity index (χ2n) is 5.92. The van der Waals surface area contributed by atoms with Gasteiger partial charge >= 0.3 is 0 Å². The number of pyridine rings is 1. The molecule has 3 aromatic rings. The van der Waals surface area contributed by atoms with Gasteiger partial charge in [0.2, 0.25) is 0 Å². The van der Waals surface area contributed by atoms with Gasteiger partial charge in [-0.1, -0.05) is 0 Å². The molecule has 1 fully saturated rings. The van der Waals surface area contributed by atoms with E-state index in [1.165, 1.54) is 31.0 Å². The molecule has 0 spiro atoms. The van der Waals surface area contributed by atoms with E-state index in [4.69, 9.17) is 21.3 Å². The summed E-state index contributed by atoms with van der Waals surface area (Å²) >= 11 is 0. The summed E-state index contributed by atoms with van der Waals surface area (Å²) in [7, 11) is 0. The normalized spacial score (nSPS) is 24.0. The number of H-pyrrole nitrogens is 1. The fraction of sp³-hybridized carbons (Fsp3) is 0.312. The Morgan fingerprint density at radius 2 is 2.00 bits per heavy atom. The predicted octanol–water partition coefficient (Wildman–Crippen LogP) is -1.73. The molecule has 0 aliphatic carbocycles. The standard InChI is InChI=1S/C11H14N2O5.C5H5N5/c12-11(17)5-2-1-3-13-7(5)10-9(16)8(15)6(4-14)18-10;6-4-3-5(9-1-7-3)10-2-8-4/h1-3,6,8-10,14-16H,4H2,(H2,12,17);1-2H,(H3,6,7,8,9,10)/t6-,8-,9+,10?;/m1./s1. The van der Waals surface area contributed by atoms with E-state index < -0.39 is 36.9 Å². The van der Waals surface area contributed by atoms with Gasteiger partial charge in [0, 0.05) is 6.20 Å². The number of rotatable bonds is 3. The topological polar surface area (TPSA) is 206 Å². The van der Waals surface area contributed by atoms with Crippen LogP contribution in [0.25, 0.3) is 11.2 Å². The molecule has 148 valence electrons. The number of fused-ring (bicyclic) bond motifs is 1. The summed E-state index contributed by atoms with van der Waals surface area (Å²) in [6, 6.07) is 2.99. The van der Waals surface area contributed by atoms with Gasteiger partial charge in [0.05, 0.1) is 24.2 Å². The molecule has 4 atom stereocenters. The lowest BCUT2D eigenvalue weighted by atomic mass is 10.0. The highest BCUT2D eigenvalue weighted by molar-refractivity contribution is 5.94. The molecule has 28 heavy (non-hydrogen) atoms. The highest BCUT2D eigenvalue weighted by atomic mass is 16.6. The number of aliphatic hydroxyl groups is 3. The molecule has 1 aliphatic rings. The number of hydrogen-bond acceptors (Lipinski definition) is 10. The Morgan fingerprint density at radius 3 is 2.64 bits per heavy atom. The molecule has 1 saturated heterocycles. The van der Waals surface area contributed by atoms with Crippen LogP contribution in [-0.4, -0.2) is 71.1 Å². The Morgan fingerprint density at radius 1 is 1.21 bits per heavy atom. The van der Waals surface area contributed by atoms with Crippen LogP contribution in [0.1, 0.15) is 22.2 Å². The van der Waals surface area contributed by atoms with Crippen LogP contribution in [0.4, 0.5) is 5.82 Å². The van der Waals surface area contributed by atoms with Crippen molar-refractivity contribution >= 4 is 22.9 Å². The zero-order chi connectivity index (χ0) is 20.3. The van der Waals surface area contributed by atoms with Crippen molar-refractivity contribution in [2.45, 2.75) is 24.4 Å². The lowest BCUT2D eigenvalue weighted by molar-refractivity contribution is -0.0241. The average Bonchev–Trinajstić information content (AvgIpc) is 3.29. The first-order valence-electron chi connectivity index (χ1n) is 8.20. The number of nitrogens with one attached hydrogen (secondary N) is 1. The van der Waals surface area contributed by atoms with Gasteiger partial charge in [0.1, 0.15) is 36.3 Å². The van der Waals surface area contributed by atoms with E-state index in [0.29, 0.717) is 17.0 Å². The second kappa shape index (κ2) is 8.22. The Bertz CT molecular complexity index is 965. The maximum Gasteiger partial charge on any atom is 0.250 e. The van der Waals surface area contributed by atoms with Crippen LogP contribution in [0, 0.1) is 0 Å². The quantitative estimate of drug-likeness (QED) is 0.298. The molecule has 4 heterocycles. The summed E-state index contributed by atoms with van der Waals surface area (Å²) in [5, 5.41) is 28.5. The number of carbonyl (C=O) groups excluding carboxylic acids is 1. The molecule has 1 aliphatic heterocycles. The Labute approximate surface area is 158 Å². The van der Waals surface area contributed by atoms with Gasteiger partial charge in [-0.05, 0) is 12.1 Å². The number of aromatic nitrogens is 5. The number of hydrogen-bond donors (Lipinski definition) is 6. The van der Waals surface area contributed by atoms with Crippen molar-refractivity contribution in [2.24, 2.45) is 5.73 Å². The molecule has 4 rings (SSSR count). The molecular formula is C16H19N7O5. The van der Waals surface area contributed by atoms with E-state index >= 15 is 0 Å². The van der Waals surface area contributed by atoms with Gasteiger partial charge in [-0.25, -0.2) is 15.0 Å². The fourth-order valence-corrected chi connectivity index (χ4v) is 2.76. The molecule has 0 aromatic carbocycles. The SMILES string of the molecule is NC(=O)c1cccnc1C1O[C@H](CO)[C@@H](O)[C@@H]1O.Nc1ncnc2nc[nH]c12. The average molecular weight is 389 g/mol. The third-order valence-corrected chi connectivity index (χ3v) is 4.17. The highest BCUT2D eigenvalue weighted by Gasteiger charge is 2.44. The third kappa shape index (κ3) is 3.75. The smallest absolute Gasteiger partial charge is 0.250 e. The zero-order valence-corrected chi connectivity index (χ0v) is 14.5. The van der Waals surface area contributed by atoms with Crippen molar-refractivity contribution in [3.8, 4) is 0 Å². The van der Waals surface area contributed by atoms with Crippen LogP contribution in [-0.2, 0) is 4.74 Å². The minimum absolute atomic E-state index is 0.118. The van der Waals surface area contributed by atoms with Crippen LogP contribution in [0.2, 0.25) is 0 Å². The van der Waals surface area contributed by atoms with Crippen molar-refractivity contribution in [3.63, 3.8) is 0 Å². The largest absolute Gasteiger partial charge is 0.394 e. The van der Waals surface area contributed by atoms with Gasteiger partial charge < -0.3 is 36.5 Å². The fourth-order valence-electron chi connectivity index (χ4n) is 2.76. The van der Waals surface area contributed by atoms with E-state index in [1.54, 1.807) is 0 Å².